The first kappa shape index (κ1) is 14.8. The van der Waals surface area contributed by atoms with Crippen molar-refractivity contribution in [3.05, 3.63) is 52.2 Å². The van der Waals surface area contributed by atoms with E-state index >= 15 is 0 Å². The number of amides is 2. The largest absolute Gasteiger partial charge is 0.337 e. The minimum absolute atomic E-state index is 0.00880. The monoisotopic (exact) mass is 314 g/mol. The molecule has 1 saturated heterocycles. The average Bonchev–Trinajstić information content (AvgIpc) is 3.18. The minimum atomic E-state index is -0.00880. The predicted molar refractivity (Wildman–Crippen MR) is 88.1 cm³/mol. The summed E-state index contributed by atoms with van der Waals surface area (Å²) in [5.74, 6) is 0.152. The Morgan fingerprint density at radius 2 is 2.05 bits per heavy atom. The zero-order valence-corrected chi connectivity index (χ0v) is 13.3. The second kappa shape index (κ2) is 6.32. The van der Waals surface area contributed by atoms with Crippen molar-refractivity contribution in [2.24, 2.45) is 0 Å². The van der Waals surface area contributed by atoms with Gasteiger partial charge in [0.25, 0.3) is 5.91 Å². The van der Waals surface area contributed by atoms with Crippen LogP contribution in [0, 0.1) is 0 Å². The van der Waals surface area contributed by atoms with Gasteiger partial charge in [0, 0.05) is 37.8 Å². The molecular weight excluding hydrogens is 296 g/mol. The number of rotatable bonds is 4. The Balaban J connectivity index is 1.69. The summed E-state index contributed by atoms with van der Waals surface area (Å²) in [5.41, 5.74) is 2.66. The van der Waals surface area contributed by atoms with Crippen LogP contribution >= 0.6 is 11.3 Å². The molecule has 3 rings (SSSR count). The van der Waals surface area contributed by atoms with E-state index in [4.69, 9.17) is 0 Å². The van der Waals surface area contributed by atoms with Gasteiger partial charge < -0.3 is 9.80 Å². The third-order valence-electron chi connectivity index (χ3n) is 3.85. The molecule has 0 aliphatic carbocycles. The lowest BCUT2D eigenvalue weighted by atomic mass is 10.1. The van der Waals surface area contributed by atoms with E-state index < -0.39 is 0 Å². The van der Waals surface area contributed by atoms with E-state index in [1.165, 1.54) is 0 Å². The van der Waals surface area contributed by atoms with Gasteiger partial charge in [0.2, 0.25) is 5.91 Å². The van der Waals surface area contributed by atoms with Gasteiger partial charge in [-0.25, -0.2) is 0 Å². The summed E-state index contributed by atoms with van der Waals surface area (Å²) in [6, 6.07) is 9.33. The Hall–Kier alpha value is -2.14. The van der Waals surface area contributed by atoms with Crippen LogP contribution in [0.1, 0.15) is 28.8 Å². The van der Waals surface area contributed by atoms with Gasteiger partial charge in [-0.3, -0.25) is 9.59 Å². The Bertz CT molecular complexity index is 664. The number of thiophene rings is 1. The van der Waals surface area contributed by atoms with Crippen molar-refractivity contribution in [3.63, 3.8) is 0 Å². The highest BCUT2D eigenvalue weighted by Gasteiger charge is 2.22. The summed E-state index contributed by atoms with van der Waals surface area (Å²) < 4.78 is 0. The van der Waals surface area contributed by atoms with Crippen LogP contribution in [0.15, 0.2) is 41.1 Å². The molecule has 2 amide bonds. The molecule has 22 heavy (non-hydrogen) atoms. The van der Waals surface area contributed by atoms with Crippen molar-refractivity contribution in [1.29, 1.82) is 0 Å². The molecule has 1 aliphatic rings. The van der Waals surface area contributed by atoms with E-state index in [0.717, 1.165) is 24.2 Å². The fourth-order valence-electron chi connectivity index (χ4n) is 2.65. The van der Waals surface area contributed by atoms with Gasteiger partial charge >= 0.3 is 0 Å². The molecule has 0 bridgehead atoms. The van der Waals surface area contributed by atoms with Gasteiger partial charge in [-0.15, -0.1) is 0 Å². The van der Waals surface area contributed by atoms with E-state index in [0.29, 0.717) is 18.5 Å². The van der Waals surface area contributed by atoms with Crippen LogP contribution in [-0.4, -0.2) is 30.3 Å². The van der Waals surface area contributed by atoms with Crippen molar-refractivity contribution >= 4 is 28.8 Å². The summed E-state index contributed by atoms with van der Waals surface area (Å²) in [7, 11) is 1.80. The lowest BCUT2D eigenvalue weighted by Gasteiger charge is -2.18. The lowest BCUT2D eigenvalue weighted by molar-refractivity contribution is -0.117. The van der Waals surface area contributed by atoms with E-state index in [1.54, 1.807) is 40.3 Å². The first-order valence-corrected chi connectivity index (χ1v) is 8.26. The summed E-state index contributed by atoms with van der Waals surface area (Å²) in [4.78, 5) is 27.6. The Labute approximate surface area is 134 Å². The number of hydrogen-bond donors (Lipinski definition) is 0. The number of carbonyl (C=O) groups is 2. The number of nitrogens with zero attached hydrogens (tertiary/aromatic N) is 2. The fraction of sp³-hybridized carbons (Fsp3) is 0.294. The van der Waals surface area contributed by atoms with Gasteiger partial charge in [-0.1, -0.05) is 0 Å². The Morgan fingerprint density at radius 1 is 1.27 bits per heavy atom. The topological polar surface area (TPSA) is 40.6 Å². The van der Waals surface area contributed by atoms with Crippen molar-refractivity contribution in [2.45, 2.75) is 19.4 Å². The van der Waals surface area contributed by atoms with Gasteiger partial charge in [-0.2, -0.15) is 11.3 Å². The van der Waals surface area contributed by atoms with E-state index in [2.05, 4.69) is 0 Å². The van der Waals surface area contributed by atoms with Gasteiger partial charge in [-0.05, 0) is 53.1 Å². The number of carbonyl (C=O) groups excluding carboxylic acids is 2. The van der Waals surface area contributed by atoms with Crippen LogP contribution in [-0.2, 0) is 11.3 Å². The smallest absolute Gasteiger partial charge is 0.253 e. The second-order valence-corrected chi connectivity index (χ2v) is 6.27. The van der Waals surface area contributed by atoms with Crippen LogP contribution in [0.4, 0.5) is 5.69 Å². The maximum Gasteiger partial charge on any atom is 0.253 e. The predicted octanol–water partition coefficient (Wildman–Crippen LogP) is 3.15. The highest BCUT2D eigenvalue weighted by molar-refractivity contribution is 7.07. The summed E-state index contributed by atoms with van der Waals surface area (Å²) in [6.45, 7) is 1.37. The zero-order valence-electron chi connectivity index (χ0n) is 12.5. The standard InChI is InChI=1S/C17H18N2O2S/c1-18(11-13-8-10-22-12-13)17(21)14-4-6-15(7-5-14)19-9-2-3-16(19)20/h4-8,10,12H,2-3,9,11H2,1H3. The molecule has 0 N–H and O–H groups in total. The minimum Gasteiger partial charge on any atom is -0.337 e. The SMILES string of the molecule is CN(Cc1ccsc1)C(=O)c1ccc(N2CCCC2=O)cc1. The molecular formula is C17H18N2O2S. The maximum atomic E-state index is 12.4. The molecule has 0 atom stereocenters. The summed E-state index contributed by atoms with van der Waals surface area (Å²) >= 11 is 1.63. The number of anilines is 1. The molecule has 0 radical (unpaired) electrons. The van der Waals surface area contributed by atoms with Gasteiger partial charge in [0.15, 0.2) is 0 Å². The highest BCUT2D eigenvalue weighted by atomic mass is 32.1. The average molecular weight is 314 g/mol. The maximum absolute atomic E-state index is 12.4. The van der Waals surface area contributed by atoms with Gasteiger partial charge in [0.05, 0.1) is 0 Å². The molecule has 1 aromatic heterocycles. The summed E-state index contributed by atoms with van der Waals surface area (Å²) in [5, 5.41) is 4.06. The first-order valence-electron chi connectivity index (χ1n) is 7.32. The molecule has 1 aliphatic heterocycles. The van der Waals surface area contributed by atoms with E-state index in [9.17, 15) is 9.59 Å². The highest BCUT2D eigenvalue weighted by Crippen LogP contribution is 2.22. The van der Waals surface area contributed by atoms with Gasteiger partial charge in [0.1, 0.15) is 0 Å². The van der Waals surface area contributed by atoms with Crippen LogP contribution in [0.25, 0.3) is 0 Å². The molecule has 0 spiro atoms. The van der Waals surface area contributed by atoms with Crippen molar-refractivity contribution in [3.8, 4) is 0 Å². The lowest BCUT2D eigenvalue weighted by Crippen LogP contribution is -2.26. The normalized spacial score (nSPS) is 14.4. The molecule has 5 heteroatoms. The molecule has 0 unspecified atom stereocenters. The molecule has 4 nitrogen and oxygen atoms in total. The Morgan fingerprint density at radius 3 is 2.64 bits per heavy atom. The Kier molecular flexibility index (Phi) is 4.24. The van der Waals surface area contributed by atoms with Crippen LogP contribution in [0.3, 0.4) is 0 Å². The molecule has 114 valence electrons. The van der Waals surface area contributed by atoms with Crippen molar-refractivity contribution in [2.75, 3.05) is 18.5 Å². The van der Waals surface area contributed by atoms with Crippen molar-refractivity contribution in [1.82, 2.24) is 4.90 Å². The van der Waals surface area contributed by atoms with E-state index in [-0.39, 0.29) is 11.8 Å². The molecule has 0 saturated carbocycles. The molecule has 2 aromatic rings. The second-order valence-electron chi connectivity index (χ2n) is 5.49. The van der Waals surface area contributed by atoms with Crippen molar-refractivity contribution < 1.29 is 9.59 Å². The molecule has 2 heterocycles. The molecule has 1 aromatic carbocycles. The fourth-order valence-corrected chi connectivity index (χ4v) is 3.31. The quantitative estimate of drug-likeness (QED) is 0.870. The zero-order chi connectivity index (χ0) is 15.5. The first-order chi connectivity index (χ1) is 10.6. The number of benzene rings is 1. The van der Waals surface area contributed by atoms with E-state index in [1.807, 2.05) is 29.0 Å². The summed E-state index contributed by atoms with van der Waals surface area (Å²) in [6.07, 6.45) is 1.52. The third kappa shape index (κ3) is 3.04. The van der Waals surface area contributed by atoms with Crippen LogP contribution in [0.5, 0.6) is 0 Å². The third-order valence-corrected chi connectivity index (χ3v) is 4.58. The van der Waals surface area contributed by atoms with Crippen LogP contribution < -0.4 is 4.90 Å². The molecule has 1 fully saturated rings. The van der Waals surface area contributed by atoms with Crippen LogP contribution in [0.2, 0.25) is 0 Å². The number of hydrogen-bond acceptors (Lipinski definition) is 3.